The smallest absolute Gasteiger partial charge is 0.325 e. The molecule has 1 aromatic carbocycles. The fourth-order valence-electron chi connectivity index (χ4n) is 1.67. The molecule has 0 bridgehead atoms. The number of benzene rings is 1. The number of methoxy groups -OCH3 is 2. The van der Waals surface area contributed by atoms with Gasteiger partial charge in [0.05, 0.1) is 25.3 Å². The fourth-order valence-corrected chi connectivity index (χ4v) is 1.67. The highest BCUT2D eigenvalue weighted by Gasteiger charge is 2.14. The van der Waals surface area contributed by atoms with Gasteiger partial charge < -0.3 is 24.9 Å². The molecule has 0 radical (unpaired) electrons. The van der Waals surface area contributed by atoms with E-state index < -0.39 is 12.0 Å². The summed E-state index contributed by atoms with van der Waals surface area (Å²) in [7, 11) is 3.09. The van der Waals surface area contributed by atoms with Crippen molar-refractivity contribution in [2.75, 3.05) is 19.5 Å². The number of nitrogens with zero attached hydrogens (tertiary/aromatic N) is 1. The maximum Gasteiger partial charge on any atom is 0.325 e. The fraction of sp³-hybridized carbons (Fsp3) is 0.333. The number of rotatable bonds is 5. The number of carboxylic acids is 1. The number of aromatic amines is 1. The summed E-state index contributed by atoms with van der Waals surface area (Å²) in [6.07, 6.45) is 0. The van der Waals surface area contributed by atoms with Gasteiger partial charge in [-0.1, -0.05) is 0 Å². The molecule has 3 N–H and O–H groups in total. The number of imidazole rings is 1. The Morgan fingerprint density at radius 3 is 2.58 bits per heavy atom. The molecular weight excluding hydrogens is 250 g/mol. The van der Waals surface area contributed by atoms with Gasteiger partial charge in [-0.05, 0) is 6.92 Å². The van der Waals surface area contributed by atoms with Crippen molar-refractivity contribution in [3.8, 4) is 11.5 Å². The first-order valence-electron chi connectivity index (χ1n) is 5.66. The van der Waals surface area contributed by atoms with Crippen LogP contribution >= 0.6 is 0 Å². The predicted molar refractivity (Wildman–Crippen MR) is 69.9 cm³/mol. The molecule has 1 heterocycles. The van der Waals surface area contributed by atoms with Crippen LogP contribution in [0.25, 0.3) is 11.0 Å². The second-order valence-corrected chi connectivity index (χ2v) is 4.01. The molecule has 0 fully saturated rings. The van der Waals surface area contributed by atoms with Crippen molar-refractivity contribution in [1.29, 1.82) is 0 Å². The van der Waals surface area contributed by atoms with Crippen LogP contribution in [-0.4, -0.2) is 41.3 Å². The van der Waals surface area contributed by atoms with Crippen molar-refractivity contribution < 1.29 is 19.4 Å². The second-order valence-electron chi connectivity index (χ2n) is 4.01. The SMILES string of the molecule is COc1cc2nc(NC(C)C(=O)O)[nH]c2cc1OC. The van der Waals surface area contributed by atoms with Crippen LogP contribution < -0.4 is 14.8 Å². The molecular formula is C12H15N3O4. The topological polar surface area (TPSA) is 96.5 Å². The van der Waals surface area contributed by atoms with Gasteiger partial charge in [-0.25, -0.2) is 4.98 Å². The van der Waals surface area contributed by atoms with E-state index in [1.165, 1.54) is 6.92 Å². The standard InChI is InChI=1S/C12H15N3O4/c1-6(11(16)17)13-12-14-7-4-9(18-2)10(19-3)5-8(7)15-12/h4-6H,1-3H3,(H,16,17)(H2,13,14,15). The number of fused-ring (bicyclic) bond motifs is 1. The minimum Gasteiger partial charge on any atom is -0.493 e. The minimum absolute atomic E-state index is 0.389. The van der Waals surface area contributed by atoms with E-state index in [2.05, 4.69) is 15.3 Å². The average Bonchev–Trinajstić information content (AvgIpc) is 2.77. The minimum atomic E-state index is -0.949. The Morgan fingerprint density at radius 2 is 2.00 bits per heavy atom. The van der Waals surface area contributed by atoms with Crippen LogP contribution in [0.1, 0.15) is 6.92 Å². The number of hydrogen-bond acceptors (Lipinski definition) is 5. The molecule has 19 heavy (non-hydrogen) atoms. The Morgan fingerprint density at radius 1 is 1.37 bits per heavy atom. The van der Waals surface area contributed by atoms with Crippen molar-refractivity contribution in [3.05, 3.63) is 12.1 Å². The number of aromatic nitrogens is 2. The van der Waals surface area contributed by atoms with Gasteiger partial charge in [-0.15, -0.1) is 0 Å². The molecule has 1 unspecified atom stereocenters. The van der Waals surface area contributed by atoms with Crippen LogP contribution in [0, 0.1) is 0 Å². The molecule has 0 spiro atoms. The molecule has 0 aliphatic carbocycles. The Labute approximate surface area is 109 Å². The number of nitrogens with one attached hydrogen (secondary N) is 2. The highest BCUT2D eigenvalue weighted by atomic mass is 16.5. The van der Waals surface area contributed by atoms with Crippen molar-refractivity contribution in [3.63, 3.8) is 0 Å². The third kappa shape index (κ3) is 2.54. The number of aliphatic carboxylic acids is 1. The maximum atomic E-state index is 10.8. The van der Waals surface area contributed by atoms with E-state index in [0.29, 0.717) is 23.0 Å². The Bertz CT molecular complexity index is 567. The molecule has 0 aliphatic heterocycles. The lowest BCUT2D eigenvalue weighted by atomic mass is 10.3. The zero-order valence-electron chi connectivity index (χ0n) is 10.9. The summed E-state index contributed by atoms with van der Waals surface area (Å²) in [5.41, 5.74) is 1.40. The lowest BCUT2D eigenvalue weighted by Gasteiger charge is -2.06. The van der Waals surface area contributed by atoms with Gasteiger partial charge in [0.2, 0.25) is 5.95 Å². The van der Waals surface area contributed by atoms with E-state index >= 15 is 0 Å². The molecule has 0 amide bonds. The Kier molecular flexibility index (Phi) is 3.46. The quantitative estimate of drug-likeness (QED) is 0.757. The maximum absolute atomic E-state index is 10.8. The molecule has 1 atom stereocenters. The van der Waals surface area contributed by atoms with Crippen molar-refractivity contribution >= 4 is 23.0 Å². The van der Waals surface area contributed by atoms with Gasteiger partial charge in [-0.2, -0.15) is 0 Å². The van der Waals surface area contributed by atoms with E-state index in [0.717, 1.165) is 5.52 Å². The summed E-state index contributed by atoms with van der Waals surface area (Å²) in [4.78, 5) is 18.0. The highest BCUT2D eigenvalue weighted by Crippen LogP contribution is 2.31. The van der Waals surface area contributed by atoms with Crippen LogP contribution in [0.5, 0.6) is 11.5 Å². The first-order valence-corrected chi connectivity index (χ1v) is 5.66. The molecule has 2 aromatic rings. The van der Waals surface area contributed by atoms with E-state index in [-0.39, 0.29) is 0 Å². The van der Waals surface area contributed by atoms with Gasteiger partial charge in [-0.3, -0.25) is 4.79 Å². The van der Waals surface area contributed by atoms with Gasteiger partial charge in [0.25, 0.3) is 0 Å². The normalized spacial score (nSPS) is 12.2. The average molecular weight is 265 g/mol. The number of carboxylic acid groups (broad SMARTS) is 1. The van der Waals surface area contributed by atoms with Crippen molar-refractivity contribution in [1.82, 2.24) is 9.97 Å². The Balaban J connectivity index is 2.37. The Hall–Kier alpha value is -2.44. The summed E-state index contributed by atoms with van der Waals surface area (Å²) in [6.45, 7) is 1.54. The molecule has 1 aromatic heterocycles. The third-order valence-corrected chi connectivity index (χ3v) is 2.71. The largest absolute Gasteiger partial charge is 0.493 e. The van der Waals surface area contributed by atoms with Gasteiger partial charge in [0.1, 0.15) is 6.04 Å². The lowest BCUT2D eigenvalue weighted by molar-refractivity contribution is -0.137. The van der Waals surface area contributed by atoms with Crippen LogP contribution in [0.4, 0.5) is 5.95 Å². The molecule has 7 nitrogen and oxygen atoms in total. The van der Waals surface area contributed by atoms with Gasteiger partial charge >= 0.3 is 5.97 Å². The van der Waals surface area contributed by atoms with Crippen molar-refractivity contribution in [2.45, 2.75) is 13.0 Å². The molecule has 0 saturated carbocycles. The molecule has 2 rings (SSSR count). The van der Waals surface area contributed by atoms with Crippen LogP contribution in [0.15, 0.2) is 12.1 Å². The number of ether oxygens (including phenoxy) is 2. The number of hydrogen-bond donors (Lipinski definition) is 3. The van der Waals surface area contributed by atoms with Gasteiger partial charge in [0, 0.05) is 12.1 Å². The number of carbonyl (C=O) groups is 1. The summed E-state index contributed by atoms with van der Waals surface area (Å²) in [6, 6.07) is 2.74. The molecule has 0 aliphatic rings. The second kappa shape index (κ2) is 5.05. The van der Waals surface area contributed by atoms with Crippen molar-refractivity contribution in [2.24, 2.45) is 0 Å². The summed E-state index contributed by atoms with van der Waals surface area (Å²) >= 11 is 0. The van der Waals surface area contributed by atoms with Crippen LogP contribution in [-0.2, 0) is 4.79 Å². The number of anilines is 1. The van der Waals surface area contributed by atoms with E-state index in [9.17, 15) is 4.79 Å². The number of H-pyrrole nitrogens is 1. The first kappa shape index (κ1) is 13.0. The summed E-state index contributed by atoms with van der Waals surface area (Å²) in [5.74, 6) is 0.589. The molecule has 102 valence electrons. The summed E-state index contributed by atoms with van der Waals surface area (Å²) in [5, 5.41) is 11.6. The monoisotopic (exact) mass is 265 g/mol. The molecule has 7 heteroatoms. The van der Waals surface area contributed by atoms with Gasteiger partial charge in [0.15, 0.2) is 11.5 Å². The highest BCUT2D eigenvalue weighted by molar-refractivity contribution is 5.83. The zero-order valence-corrected chi connectivity index (χ0v) is 10.9. The predicted octanol–water partition coefficient (Wildman–Crippen LogP) is 1.47. The van der Waals surface area contributed by atoms with E-state index in [1.807, 2.05) is 0 Å². The lowest BCUT2D eigenvalue weighted by Crippen LogP contribution is -2.25. The first-order chi connectivity index (χ1) is 9.05. The zero-order chi connectivity index (χ0) is 14.0. The van der Waals surface area contributed by atoms with E-state index in [4.69, 9.17) is 14.6 Å². The third-order valence-electron chi connectivity index (χ3n) is 2.71. The van der Waals surface area contributed by atoms with Crippen LogP contribution in [0.3, 0.4) is 0 Å². The molecule has 0 saturated heterocycles. The van der Waals surface area contributed by atoms with Crippen LogP contribution in [0.2, 0.25) is 0 Å². The van der Waals surface area contributed by atoms with E-state index in [1.54, 1.807) is 26.4 Å². The summed E-state index contributed by atoms with van der Waals surface area (Å²) < 4.78 is 10.4.